The largest absolute Gasteiger partial charge is 0.392 e. The number of hydrogen-bond donors (Lipinski definition) is 1. The number of aliphatic hydroxyl groups is 1. The molecule has 0 radical (unpaired) electrons. The zero-order valence-corrected chi connectivity index (χ0v) is 9.92. The number of ether oxygens (including phenoxy) is 1. The summed E-state index contributed by atoms with van der Waals surface area (Å²) in [5, 5.41) is 8.58. The minimum atomic E-state index is 0.121. The molecule has 2 nitrogen and oxygen atoms in total. The maximum absolute atomic E-state index is 8.58. The van der Waals surface area contributed by atoms with Gasteiger partial charge in [-0.15, -0.1) is 0 Å². The Kier molecular flexibility index (Phi) is 6.85. The highest BCUT2D eigenvalue weighted by molar-refractivity contribution is 4.84. The van der Waals surface area contributed by atoms with Gasteiger partial charge in [0.15, 0.2) is 0 Å². The number of rotatable bonds is 6. The standard InChI is InChI=1S/C12H24O2/c1-12(2,3)9-8-11(14-4)7-5-6-10-13/h5-6,11,13H,7-10H2,1-4H3/b6-5+. The predicted octanol–water partition coefficient (Wildman–Crippen LogP) is 2.77. The van der Waals surface area contributed by atoms with E-state index in [9.17, 15) is 0 Å². The van der Waals surface area contributed by atoms with Crippen molar-refractivity contribution in [2.24, 2.45) is 5.41 Å². The van der Waals surface area contributed by atoms with Crippen LogP contribution in [0.25, 0.3) is 0 Å². The zero-order valence-electron chi connectivity index (χ0n) is 9.92. The first kappa shape index (κ1) is 13.7. The molecule has 0 bridgehead atoms. The van der Waals surface area contributed by atoms with E-state index in [-0.39, 0.29) is 12.7 Å². The van der Waals surface area contributed by atoms with Gasteiger partial charge in [0, 0.05) is 7.11 Å². The van der Waals surface area contributed by atoms with E-state index in [1.54, 1.807) is 13.2 Å². The minimum absolute atomic E-state index is 0.121. The van der Waals surface area contributed by atoms with Crippen LogP contribution < -0.4 is 0 Å². The van der Waals surface area contributed by atoms with Gasteiger partial charge in [-0.3, -0.25) is 0 Å². The number of hydrogen-bond acceptors (Lipinski definition) is 2. The Morgan fingerprint density at radius 1 is 1.29 bits per heavy atom. The van der Waals surface area contributed by atoms with Gasteiger partial charge in [-0.1, -0.05) is 32.9 Å². The quantitative estimate of drug-likeness (QED) is 0.668. The normalized spacial score (nSPS) is 14.9. The molecule has 84 valence electrons. The summed E-state index contributed by atoms with van der Waals surface area (Å²) in [5.74, 6) is 0. The Balaban J connectivity index is 3.74. The van der Waals surface area contributed by atoms with Crippen molar-refractivity contribution in [3.63, 3.8) is 0 Å². The molecule has 0 aliphatic carbocycles. The Labute approximate surface area is 88.0 Å². The molecule has 0 fully saturated rings. The fourth-order valence-corrected chi connectivity index (χ4v) is 1.25. The van der Waals surface area contributed by atoms with Crippen molar-refractivity contribution in [2.45, 2.75) is 46.1 Å². The Hall–Kier alpha value is -0.340. The predicted molar refractivity (Wildman–Crippen MR) is 60.3 cm³/mol. The maximum Gasteiger partial charge on any atom is 0.0612 e. The van der Waals surface area contributed by atoms with Crippen molar-refractivity contribution in [2.75, 3.05) is 13.7 Å². The molecule has 1 N–H and O–H groups in total. The highest BCUT2D eigenvalue weighted by atomic mass is 16.5. The van der Waals surface area contributed by atoms with E-state index in [4.69, 9.17) is 9.84 Å². The lowest BCUT2D eigenvalue weighted by Crippen LogP contribution is -2.14. The third kappa shape index (κ3) is 8.27. The molecular formula is C12H24O2. The molecule has 0 saturated carbocycles. The first-order chi connectivity index (χ1) is 6.49. The Morgan fingerprint density at radius 2 is 1.93 bits per heavy atom. The highest BCUT2D eigenvalue weighted by Gasteiger charge is 2.13. The van der Waals surface area contributed by atoms with Crippen molar-refractivity contribution in [1.29, 1.82) is 0 Å². The molecule has 0 aromatic rings. The topological polar surface area (TPSA) is 29.5 Å². The van der Waals surface area contributed by atoms with Gasteiger partial charge in [0.1, 0.15) is 0 Å². The van der Waals surface area contributed by atoms with Crippen LogP contribution in [0.15, 0.2) is 12.2 Å². The lowest BCUT2D eigenvalue weighted by molar-refractivity contribution is 0.0865. The fourth-order valence-electron chi connectivity index (χ4n) is 1.25. The highest BCUT2D eigenvalue weighted by Crippen LogP contribution is 2.23. The number of methoxy groups -OCH3 is 1. The summed E-state index contributed by atoms with van der Waals surface area (Å²) in [6.45, 7) is 6.84. The van der Waals surface area contributed by atoms with Gasteiger partial charge in [0.25, 0.3) is 0 Å². The molecule has 14 heavy (non-hydrogen) atoms. The van der Waals surface area contributed by atoms with E-state index in [2.05, 4.69) is 20.8 Å². The van der Waals surface area contributed by atoms with Crippen molar-refractivity contribution >= 4 is 0 Å². The van der Waals surface area contributed by atoms with Crippen molar-refractivity contribution in [1.82, 2.24) is 0 Å². The van der Waals surface area contributed by atoms with E-state index in [0.717, 1.165) is 12.8 Å². The van der Waals surface area contributed by atoms with Gasteiger partial charge < -0.3 is 9.84 Å². The summed E-state index contributed by atoms with van der Waals surface area (Å²) in [5.41, 5.74) is 0.372. The molecule has 0 saturated heterocycles. The molecule has 0 aliphatic heterocycles. The first-order valence-electron chi connectivity index (χ1n) is 5.28. The maximum atomic E-state index is 8.58. The molecule has 1 atom stereocenters. The molecular weight excluding hydrogens is 176 g/mol. The second-order valence-corrected chi connectivity index (χ2v) is 4.85. The van der Waals surface area contributed by atoms with Gasteiger partial charge in [-0.2, -0.15) is 0 Å². The van der Waals surface area contributed by atoms with Gasteiger partial charge in [0.2, 0.25) is 0 Å². The smallest absolute Gasteiger partial charge is 0.0612 e. The van der Waals surface area contributed by atoms with Crippen LogP contribution in [0.2, 0.25) is 0 Å². The summed E-state index contributed by atoms with van der Waals surface area (Å²) in [6.07, 6.45) is 7.18. The lowest BCUT2D eigenvalue weighted by atomic mass is 9.89. The second kappa shape index (κ2) is 7.02. The van der Waals surface area contributed by atoms with Crippen molar-refractivity contribution in [3.05, 3.63) is 12.2 Å². The molecule has 0 rings (SSSR count). The fraction of sp³-hybridized carbons (Fsp3) is 0.833. The average molecular weight is 200 g/mol. The Bertz CT molecular complexity index is 156. The minimum Gasteiger partial charge on any atom is -0.392 e. The van der Waals surface area contributed by atoms with Crippen LogP contribution in [0.5, 0.6) is 0 Å². The average Bonchev–Trinajstić information content (AvgIpc) is 2.09. The SMILES string of the molecule is COC(C/C=C/CO)CCC(C)(C)C. The molecule has 0 spiro atoms. The second-order valence-electron chi connectivity index (χ2n) is 4.85. The third-order valence-corrected chi connectivity index (χ3v) is 2.22. The molecule has 0 aromatic carbocycles. The molecule has 0 amide bonds. The molecule has 0 aliphatic rings. The first-order valence-corrected chi connectivity index (χ1v) is 5.28. The van der Waals surface area contributed by atoms with Crippen molar-refractivity contribution < 1.29 is 9.84 Å². The van der Waals surface area contributed by atoms with Crippen LogP contribution >= 0.6 is 0 Å². The van der Waals surface area contributed by atoms with E-state index in [1.807, 2.05) is 6.08 Å². The van der Waals surface area contributed by atoms with Crippen LogP contribution in [0.3, 0.4) is 0 Å². The Morgan fingerprint density at radius 3 is 2.36 bits per heavy atom. The summed E-state index contributed by atoms with van der Waals surface area (Å²) >= 11 is 0. The number of aliphatic hydroxyl groups excluding tert-OH is 1. The zero-order chi connectivity index (χ0) is 11.0. The van der Waals surface area contributed by atoms with Crippen LogP contribution in [0, 0.1) is 5.41 Å². The van der Waals surface area contributed by atoms with E-state index >= 15 is 0 Å². The van der Waals surface area contributed by atoms with E-state index < -0.39 is 0 Å². The summed E-state index contributed by atoms with van der Waals surface area (Å²) in [7, 11) is 1.75. The molecule has 0 aromatic heterocycles. The van der Waals surface area contributed by atoms with Gasteiger partial charge in [-0.05, 0) is 24.7 Å². The van der Waals surface area contributed by atoms with Gasteiger partial charge >= 0.3 is 0 Å². The summed E-state index contributed by atoms with van der Waals surface area (Å²) in [4.78, 5) is 0. The van der Waals surface area contributed by atoms with Gasteiger partial charge in [0.05, 0.1) is 12.7 Å². The van der Waals surface area contributed by atoms with Crippen LogP contribution in [0.1, 0.15) is 40.0 Å². The lowest BCUT2D eigenvalue weighted by Gasteiger charge is -2.21. The van der Waals surface area contributed by atoms with Gasteiger partial charge in [-0.25, -0.2) is 0 Å². The van der Waals surface area contributed by atoms with Crippen molar-refractivity contribution in [3.8, 4) is 0 Å². The molecule has 1 unspecified atom stereocenters. The van der Waals surface area contributed by atoms with Crippen LogP contribution in [-0.2, 0) is 4.74 Å². The monoisotopic (exact) mass is 200 g/mol. The molecule has 0 heterocycles. The summed E-state index contributed by atoms with van der Waals surface area (Å²) < 4.78 is 5.36. The van der Waals surface area contributed by atoms with E-state index in [0.29, 0.717) is 5.41 Å². The van der Waals surface area contributed by atoms with Crippen LogP contribution in [-0.4, -0.2) is 24.9 Å². The van der Waals surface area contributed by atoms with Crippen LogP contribution in [0.4, 0.5) is 0 Å². The molecule has 2 heteroatoms. The third-order valence-electron chi connectivity index (χ3n) is 2.22. The van der Waals surface area contributed by atoms with E-state index in [1.165, 1.54) is 6.42 Å². The summed E-state index contributed by atoms with van der Waals surface area (Å²) in [6, 6.07) is 0.